The Morgan fingerprint density at radius 2 is 2.23 bits per heavy atom. The van der Waals surface area contributed by atoms with Gasteiger partial charge in [-0.2, -0.15) is 0 Å². The van der Waals surface area contributed by atoms with E-state index in [2.05, 4.69) is 5.32 Å². The molecule has 3 unspecified atom stereocenters. The van der Waals surface area contributed by atoms with Crippen LogP contribution in [0.15, 0.2) is 11.3 Å². The first-order chi connectivity index (χ1) is 10.3. The second kappa shape index (κ2) is 6.32. The second-order valence-corrected chi connectivity index (χ2v) is 5.35. The number of amides is 3. The first-order valence-electron chi connectivity index (χ1n) is 6.92. The van der Waals surface area contributed by atoms with Gasteiger partial charge in [-0.15, -0.1) is 0 Å². The molecule has 22 heavy (non-hydrogen) atoms. The number of carboxylic acid groups (broad SMARTS) is 1. The highest BCUT2D eigenvalue weighted by Crippen LogP contribution is 2.43. The van der Waals surface area contributed by atoms with Gasteiger partial charge in [0.2, 0.25) is 5.91 Å². The number of aliphatic carboxylic acids is 1. The Balaban J connectivity index is 1.97. The molecular weight excluding hydrogens is 294 g/mol. The van der Waals surface area contributed by atoms with Crippen LogP contribution in [0.5, 0.6) is 0 Å². The van der Waals surface area contributed by atoms with Gasteiger partial charge in [0.1, 0.15) is 5.70 Å². The fourth-order valence-electron chi connectivity index (χ4n) is 2.93. The summed E-state index contributed by atoms with van der Waals surface area (Å²) in [6.07, 6.45) is -0.449. The highest BCUT2D eigenvalue weighted by atomic mass is 16.5. The van der Waals surface area contributed by atoms with Gasteiger partial charge >= 0.3 is 12.0 Å². The second-order valence-electron chi connectivity index (χ2n) is 5.35. The molecular formula is C13H19N3O6. The summed E-state index contributed by atoms with van der Waals surface area (Å²) >= 11 is 0. The number of nitrogens with two attached hydrogens (primary N) is 1. The van der Waals surface area contributed by atoms with Crippen molar-refractivity contribution in [1.82, 2.24) is 10.2 Å². The lowest BCUT2D eigenvalue weighted by molar-refractivity contribution is -0.161. The summed E-state index contributed by atoms with van der Waals surface area (Å²) in [6.45, 7) is 1.96. The van der Waals surface area contributed by atoms with Crippen molar-refractivity contribution < 1.29 is 29.3 Å². The van der Waals surface area contributed by atoms with Crippen LogP contribution in [0.4, 0.5) is 4.79 Å². The van der Waals surface area contributed by atoms with Gasteiger partial charge < -0.3 is 30.9 Å². The van der Waals surface area contributed by atoms with Crippen LogP contribution in [-0.2, 0) is 14.3 Å². The summed E-state index contributed by atoms with van der Waals surface area (Å²) in [4.78, 5) is 35.0. The molecule has 1 saturated heterocycles. The van der Waals surface area contributed by atoms with Gasteiger partial charge in [-0.25, -0.2) is 9.59 Å². The van der Waals surface area contributed by atoms with Crippen molar-refractivity contribution in [2.45, 2.75) is 25.5 Å². The summed E-state index contributed by atoms with van der Waals surface area (Å²) in [7, 11) is 0. The average molecular weight is 313 g/mol. The largest absolute Gasteiger partial charge is 0.477 e. The molecule has 0 radical (unpaired) electrons. The van der Waals surface area contributed by atoms with E-state index in [4.69, 9.17) is 10.5 Å². The Hall–Kier alpha value is -2.13. The number of carbonyl (C=O) groups excluding carboxylic acids is 2. The SMILES string of the molecule is CC(O)C1C(=O)N2C(C(=O)O)=C(COCCNC(N)=O)CC12. The average Bonchev–Trinajstić information content (AvgIpc) is 2.72. The lowest BCUT2D eigenvalue weighted by Crippen LogP contribution is -2.61. The summed E-state index contributed by atoms with van der Waals surface area (Å²) in [5.41, 5.74) is 5.35. The third-order valence-electron chi connectivity index (χ3n) is 3.84. The molecule has 2 aliphatic heterocycles. The van der Waals surface area contributed by atoms with Crippen LogP contribution in [0.25, 0.3) is 0 Å². The van der Waals surface area contributed by atoms with E-state index < -0.39 is 24.0 Å². The number of carbonyl (C=O) groups is 3. The topological polar surface area (TPSA) is 142 Å². The number of β-lactam (4-membered cyclic amide) rings is 1. The van der Waals surface area contributed by atoms with E-state index in [0.29, 0.717) is 12.0 Å². The zero-order chi connectivity index (χ0) is 16.4. The monoisotopic (exact) mass is 313 g/mol. The van der Waals surface area contributed by atoms with E-state index in [1.165, 1.54) is 11.8 Å². The van der Waals surface area contributed by atoms with Gasteiger partial charge in [-0.1, -0.05) is 0 Å². The van der Waals surface area contributed by atoms with Crippen LogP contribution in [0, 0.1) is 5.92 Å². The van der Waals surface area contributed by atoms with Crippen molar-refractivity contribution in [3.05, 3.63) is 11.3 Å². The van der Waals surface area contributed by atoms with Gasteiger partial charge in [0.05, 0.1) is 31.3 Å². The number of aliphatic hydroxyl groups is 1. The highest BCUT2D eigenvalue weighted by Gasteiger charge is 2.56. The minimum atomic E-state index is -1.19. The number of urea groups is 1. The summed E-state index contributed by atoms with van der Waals surface area (Å²) in [6, 6.07) is -0.981. The van der Waals surface area contributed by atoms with E-state index >= 15 is 0 Å². The first kappa shape index (κ1) is 16.2. The molecule has 0 aliphatic carbocycles. The van der Waals surface area contributed by atoms with E-state index in [1.54, 1.807) is 0 Å². The molecule has 3 amide bonds. The highest BCUT2D eigenvalue weighted by molar-refractivity contribution is 5.99. The Kier molecular flexibility index (Phi) is 4.67. The molecule has 2 rings (SSSR count). The molecule has 122 valence electrons. The van der Waals surface area contributed by atoms with Gasteiger partial charge in [-0.3, -0.25) is 4.79 Å². The lowest BCUT2D eigenvalue weighted by Gasteiger charge is -2.44. The molecule has 2 aliphatic rings. The third kappa shape index (κ3) is 2.90. The van der Waals surface area contributed by atoms with Crippen molar-refractivity contribution in [3.63, 3.8) is 0 Å². The van der Waals surface area contributed by atoms with Gasteiger partial charge in [0.25, 0.3) is 0 Å². The van der Waals surface area contributed by atoms with Crippen molar-refractivity contribution in [2.24, 2.45) is 11.7 Å². The molecule has 0 aromatic rings. The lowest BCUT2D eigenvalue weighted by atomic mass is 9.83. The Bertz CT molecular complexity index is 530. The Morgan fingerprint density at radius 1 is 1.55 bits per heavy atom. The minimum absolute atomic E-state index is 0.0505. The quantitative estimate of drug-likeness (QED) is 0.337. The van der Waals surface area contributed by atoms with Crippen LogP contribution in [0.2, 0.25) is 0 Å². The molecule has 0 aromatic carbocycles. The van der Waals surface area contributed by atoms with Crippen molar-refractivity contribution in [1.29, 1.82) is 0 Å². The Morgan fingerprint density at radius 3 is 2.77 bits per heavy atom. The zero-order valence-corrected chi connectivity index (χ0v) is 12.1. The number of primary amides is 1. The van der Waals surface area contributed by atoms with Crippen LogP contribution >= 0.6 is 0 Å². The molecule has 3 atom stereocenters. The normalized spacial score (nSPS) is 24.8. The molecule has 0 bridgehead atoms. The van der Waals surface area contributed by atoms with E-state index in [0.717, 1.165) is 0 Å². The predicted molar refractivity (Wildman–Crippen MR) is 73.5 cm³/mol. The van der Waals surface area contributed by atoms with Crippen LogP contribution < -0.4 is 11.1 Å². The number of hydrogen-bond acceptors (Lipinski definition) is 5. The molecule has 9 heteroatoms. The number of nitrogens with one attached hydrogen (secondary N) is 1. The van der Waals surface area contributed by atoms with Crippen LogP contribution in [0.3, 0.4) is 0 Å². The number of carboxylic acids is 1. The maximum Gasteiger partial charge on any atom is 0.352 e. The Labute approximate surface area is 126 Å². The molecule has 5 N–H and O–H groups in total. The minimum Gasteiger partial charge on any atom is -0.477 e. The van der Waals surface area contributed by atoms with Crippen molar-refractivity contribution in [2.75, 3.05) is 19.8 Å². The molecule has 2 heterocycles. The number of hydrogen-bond donors (Lipinski definition) is 4. The fraction of sp³-hybridized carbons (Fsp3) is 0.615. The molecule has 0 saturated carbocycles. The molecule has 1 fully saturated rings. The van der Waals surface area contributed by atoms with E-state index in [-0.39, 0.29) is 37.4 Å². The van der Waals surface area contributed by atoms with Gasteiger partial charge in [0.15, 0.2) is 0 Å². The number of fused-ring (bicyclic) bond motifs is 1. The standard InChI is InChI=1S/C13H19N3O6/c1-6(17)9-8-4-7(5-22-3-2-15-13(14)21)10(12(19)20)16(8)11(9)18/h6,8-9,17H,2-5H2,1H3,(H,19,20)(H3,14,15,21). The smallest absolute Gasteiger partial charge is 0.352 e. The van der Waals surface area contributed by atoms with Gasteiger partial charge in [-0.05, 0) is 18.9 Å². The molecule has 9 nitrogen and oxygen atoms in total. The summed E-state index contributed by atoms with van der Waals surface area (Å²) in [5, 5.41) is 21.2. The zero-order valence-electron chi connectivity index (χ0n) is 12.1. The maximum atomic E-state index is 12.0. The molecule has 0 aromatic heterocycles. The number of ether oxygens (including phenoxy) is 1. The van der Waals surface area contributed by atoms with Crippen LogP contribution in [0.1, 0.15) is 13.3 Å². The summed E-state index contributed by atoms with van der Waals surface area (Å²) < 4.78 is 5.31. The first-order valence-corrected chi connectivity index (χ1v) is 6.92. The number of nitrogens with zero attached hydrogens (tertiary/aromatic N) is 1. The molecule has 0 spiro atoms. The summed E-state index contributed by atoms with van der Waals surface area (Å²) in [5.74, 6) is -2.13. The third-order valence-corrected chi connectivity index (χ3v) is 3.84. The van der Waals surface area contributed by atoms with Crippen molar-refractivity contribution >= 4 is 17.9 Å². The van der Waals surface area contributed by atoms with Crippen molar-refractivity contribution in [3.8, 4) is 0 Å². The fourth-order valence-corrected chi connectivity index (χ4v) is 2.93. The number of rotatable bonds is 7. The number of aliphatic hydroxyl groups excluding tert-OH is 1. The van der Waals surface area contributed by atoms with Crippen LogP contribution in [-0.4, -0.2) is 64.9 Å². The van der Waals surface area contributed by atoms with E-state index in [9.17, 15) is 24.6 Å². The van der Waals surface area contributed by atoms with Gasteiger partial charge in [0, 0.05) is 6.54 Å². The van der Waals surface area contributed by atoms with E-state index in [1.807, 2.05) is 0 Å². The predicted octanol–water partition coefficient (Wildman–Crippen LogP) is -1.38. The maximum absolute atomic E-state index is 12.0.